The molecule has 4 rings (SSSR count). The largest absolute Gasteiger partial charge is 0.465 e. The van der Waals surface area contributed by atoms with Crippen LogP contribution in [-0.2, 0) is 13.1 Å². The molecule has 8 nitrogen and oxygen atoms in total. The van der Waals surface area contributed by atoms with Crippen molar-refractivity contribution < 1.29 is 14.7 Å². The molecule has 0 radical (unpaired) electrons. The zero-order valence-corrected chi connectivity index (χ0v) is 21.7. The molecule has 0 unspecified atom stereocenters. The lowest BCUT2D eigenvalue weighted by molar-refractivity contribution is 0.106. The first kappa shape index (κ1) is 26.2. The number of aliphatic imine (C=N–C) groups is 1. The van der Waals surface area contributed by atoms with Gasteiger partial charge in [-0.3, -0.25) is 15.1 Å². The average Bonchev–Trinajstić information content (AvgIpc) is 2.87. The Balaban J connectivity index is 1.53. The standard InChI is InChI=1S/C29H35N5O3/c1-29(2,3)34(28(37)33-18-16-32(17-19-33)21-22-10-5-4-6-11-22)26(31-27(35)36)30-20-24-14-9-13-23-12-7-8-15-25(23)24/h4-15H,16-21H2,1-3H3,(H,30,31)(H,35,36). The third-order valence-electron chi connectivity index (χ3n) is 6.46. The molecule has 1 saturated heterocycles. The maximum atomic E-state index is 13.8. The molecule has 0 aromatic heterocycles. The zero-order chi connectivity index (χ0) is 26.4. The molecule has 1 aliphatic rings. The minimum absolute atomic E-state index is 0.0321. The number of benzene rings is 3. The number of carboxylic acid groups (broad SMARTS) is 1. The number of nitrogens with one attached hydrogen (secondary N) is 1. The molecule has 0 bridgehead atoms. The van der Waals surface area contributed by atoms with Crippen LogP contribution in [-0.4, -0.2) is 69.6 Å². The molecule has 2 N–H and O–H groups in total. The number of urea groups is 1. The van der Waals surface area contributed by atoms with Gasteiger partial charge < -0.3 is 10.0 Å². The first-order chi connectivity index (χ1) is 17.7. The van der Waals surface area contributed by atoms with Crippen LogP contribution in [0.2, 0.25) is 0 Å². The minimum Gasteiger partial charge on any atom is -0.465 e. The van der Waals surface area contributed by atoms with Gasteiger partial charge in [0.05, 0.1) is 6.54 Å². The Bertz CT molecular complexity index is 1260. The second-order valence-electron chi connectivity index (χ2n) is 10.2. The predicted molar refractivity (Wildman–Crippen MR) is 147 cm³/mol. The number of carbonyl (C=O) groups excluding carboxylic acids is 1. The van der Waals surface area contributed by atoms with E-state index in [4.69, 9.17) is 0 Å². The number of piperazine rings is 1. The molecule has 3 amide bonds. The highest BCUT2D eigenvalue weighted by Gasteiger charge is 2.36. The summed E-state index contributed by atoms with van der Waals surface area (Å²) in [6.45, 7) is 9.32. The number of guanidine groups is 1. The van der Waals surface area contributed by atoms with E-state index in [0.717, 1.165) is 36.0 Å². The molecule has 0 atom stereocenters. The smallest absolute Gasteiger partial charge is 0.411 e. The maximum absolute atomic E-state index is 13.8. The average molecular weight is 502 g/mol. The molecule has 194 valence electrons. The molecule has 3 aromatic rings. The molecule has 37 heavy (non-hydrogen) atoms. The number of hydrogen-bond donors (Lipinski definition) is 2. The van der Waals surface area contributed by atoms with Gasteiger partial charge in [0, 0.05) is 38.3 Å². The summed E-state index contributed by atoms with van der Waals surface area (Å²) < 4.78 is 0. The molecule has 0 spiro atoms. The maximum Gasteiger partial charge on any atom is 0.411 e. The van der Waals surface area contributed by atoms with Crippen LogP contribution in [0.4, 0.5) is 9.59 Å². The summed E-state index contributed by atoms with van der Waals surface area (Å²) in [5.74, 6) is 0.0321. The van der Waals surface area contributed by atoms with Crippen molar-refractivity contribution in [2.75, 3.05) is 26.2 Å². The van der Waals surface area contributed by atoms with Crippen LogP contribution in [0.25, 0.3) is 10.8 Å². The van der Waals surface area contributed by atoms with Crippen LogP contribution >= 0.6 is 0 Å². The number of nitrogens with zero attached hydrogens (tertiary/aromatic N) is 4. The normalized spacial score (nSPS) is 15.0. The van der Waals surface area contributed by atoms with E-state index in [1.54, 1.807) is 4.90 Å². The first-order valence-electron chi connectivity index (χ1n) is 12.6. The van der Waals surface area contributed by atoms with Crippen LogP contribution in [0.5, 0.6) is 0 Å². The highest BCUT2D eigenvalue weighted by atomic mass is 16.4. The molecule has 8 heteroatoms. The van der Waals surface area contributed by atoms with E-state index in [2.05, 4.69) is 27.3 Å². The Hall–Kier alpha value is -3.91. The lowest BCUT2D eigenvalue weighted by atomic mass is 10.0. The third kappa shape index (κ3) is 6.65. The van der Waals surface area contributed by atoms with E-state index in [-0.39, 0.29) is 18.5 Å². The second-order valence-corrected chi connectivity index (χ2v) is 10.2. The molecular formula is C29H35N5O3. The van der Waals surface area contributed by atoms with E-state index in [0.29, 0.717) is 13.1 Å². The second kappa shape index (κ2) is 11.4. The molecule has 1 heterocycles. The fourth-order valence-electron chi connectivity index (χ4n) is 4.63. The highest BCUT2D eigenvalue weighted by molar-refractivity contribution is 6.03. The highest BCUT2D eigenvalue weighted by Crippen LogP contribution is 2.22. The van der Waals surface area contributed by atoms with E-state index in [9.17, 15) is 14.7 Å². The lowest BCUT2D eigenvalue weighted by Gasteiger charge is -2.42. The summed E-state index contributed by atoms with van der Waals surface area (Å²) in [5, 5.41) is 14.1. The van der Waals surface area contributed by atoms with Crippen LogP contribution in [0.3, 0.4) is 0 Å². The van der Waals surface area contributed by atoms with Crippen molar-refractivity contribution >= 4 is 28.9 Å². The van der Waals surface area contributed by atoms with Crippen molar-refractivity contribution in [1.82, 2.24) is 20.0 Å². The molecule has 0 saturated carbocycles. The van der Waals surface area contributed by atoms with Crippen molar-refractivity contribution in [2.24, 2.45) is 4.99 Å². The van der Waals surface area contributed by atoms with Gasteiger partial charge in [-0.2, -0.15) is 0 Å². The van der Waals surface area contributed by atoms with Gasteiger partial charge in [-0.25, -0.2) is 14.6 Å². The fraction of sp³-hybridized carbons (Fsp3) is 0.345. The van der Waals surface area contributed by atoms with E-state index >= 15 is 0 Å². The minimum atomic E-state index is -1.26. The Kier molecular flexibility index (Phi) is 8.08. The van der Waals surface area contributed by atoms with E-state index < -0.39 is 11.6 Å². The molecule has 1 fully saturated rings. The SMILES string of the molecule is CC(C)(C)N(C(=O)N1CCN(Cc2ccccc2)CC1)C(=NCc1cccc2ccccc12)NC(=O)O. The number of rotatable bonds is 4. The van der Waals surface area contributed by atoms with Gasteiger partial charge in [0.2, 0.25) is 5.96 Å². The molecular weight excluding hydrogens is 466 g/mol. The van der Waals surface area contributed by atoms with Gasteiger partial charge >= 0.3 is 12.1 Å². The van der Waals surface area contributed by atoms with Gasteiger partial charge in [-0.1, -0.05) is 72.8 Å². The number of carbonyl (C=O) groups is 2. The summed E-state index contributed by atoms with van der Waals surface area (Å²) in [6.07, 6.45) is -1.26. The van der Waals surface area contributed by atoms with Crippen LogP contribution in [0, 0.1) is 0 Å². The Morgan fingerprint density at radius 1 is 0.919 bits per heavy atom. The predicted octanol–water partition coefficient (Wildman–Crippen LogP) is 5.00. The van der Waals surface area contributed by atoms with Crippen LogP contribution in [0.1, 0.15) is 31.9 Å². The van der Waals surface area contributed by atoms with E-state index in [1.165, 1.54) is 10.5 Å². The lowest BCUT2D eigenvalue weighted by Crippen LogP contribution is -2.61. The van der Waals surface area contributed by atoms with Gasteiger partial charge in [0.1, 0.15) is 0 Å². The Morgan fingerprint density at radius 3 is 2.24 bits per heavy atom. The fourth-order valence-corrected chi connectivity index (χ4v) is 4.63. The molecule has 0 aliphatic carbocycles. The molecule has 1 aliphatic heterocycles. The Labute approximate surface area is 218 Å². The van der Waals surface area contributed by atoms with Gasteiger partial charge in [-0.15, -0.1) is 0 Å². The number of amides is 3. The van der Waals surface area contributed by atoms with Crippen molar-refractivity contribution in [3.8, 4) is 0 Å². The van der Waals surface area contributed by atoms with Gasteiger partial charge in [-0.05, 0) is 42.7 Å². The van der Waals surface area contributed by atoms with Crippen molar-refractivity contribution in [2.45, 2.75) is 39.4 Å². The number of hydrogen-bond acceptors (Lipinski definition) is 4. The van der Waals surface area contributed by atoms with Gasteiger partial charge in [0.15, 0.2) is 0 Å². The summed E-state index contributed by atoms with van der Waals surface area (Å²) in [6, 6.07) is 24.0. The quantitative estimate of drug-likeness (QED) is 0.389. The monoisotopic (exact) mass is 501 g/mol. The Morgan fingerprint density at radius 2 is 1.57 bits per heavy atom. The van der Waals surface area contributed by atoms with Crippen molar-refractivity contribution in [1.29, 1.82) is 0 Å². The van der Waals surface area contributed by atoms with Gasteiger partial charge in [0.25, 0.3) is 0 Å². The summed E-state index contributed by atoms with van der Waals surface area (Å²) in [4.78, 5) is 35.7. The van der Waals surface area contributed by atoms with E-state index in [1.807, 2.05) is 81.4 Å². The summed E-state index contributed by atoms with van der Waals surface area (Å²) in [7, 11) is 0. The molecule has 3 aromatic carbocycles. The first-order valence-corrected chi connectivity index (χ1v) is 12.6. The van der Waals surface area contributed by atoms with Crippen molar-refractivity contribution in [3.05, 3.63) is 83.9 Å². The van der Waals surface area contributed by atoms with Crippen molar-refractivity contribution in [3.63, 3.8) is 0 Å². The topological polar surface area (TPSA) is 88.5 Å². The van der Waals surface area contributed by atoms with Crippen LogP contribution < -0.4 is 5.32 Å². The summed E-state index contributed by atoms with van der Waals surface area (Å²) in [5.41, 5.74) is 1.50. The third-order valence-corrected chi connectivity index (χ3v) is 6.46. The number of fused-ring (bicyclic) bond motifs is 1. The zero-order valence-electron chi connectivity index (χ0n) is 21.7. The summed E-state index contributed by atoms with van der Waals surface area (Å²) >= 11 is 0. The van der Waals surface area contributed by atoms with Crippen LogP contribution in [0.15, 0.2) is 77.8 Å².